The van der Waals surface area contributed by atoms with Crippen LogP contribution in [0.1, 0.15) is 24.5 Å². The molecule has 1 heterocycles. The van der Waals surface area contributed by atoms with E-state index in [1.807, 2.05) is 24.3 Å². The smallest absolute Gasteiger partial charge is 0.387 e. The van der Waals surface area contributed by atoms with Crippen LogP contribution in [0, 0.1) is 0 Å². The van der Waals surface area contributed by atoms with Gasteiger partial charge in [-0.15, -0.1) is 0 Å². The highest BCUT2D eigenvalue weighted by Gasteiger charge is 2.07. The van der Waals surface area contributed by atoms with Gasteiger partial charge in [0.15, 0.2) is 0 Å². The first-order valence-electron chi connectivity index (χ1n) is 7.83. The van der Waals surface area contributed by atoms with E-state index in [1.54, 1.807) is 25.4 Å². The summed E-state index contributed by atoms with van der Waals surface area (Å²) in [6.45, 7) is 0.000699. The van der Waals surface area contributed by atoms with Gasteiger partial charge in [-0.05, 0) is 43.5 Å². The third-order valence-corrected chi connectivity index (χ3v) is 3.70. The summed E-state index contributed by atoms with van der Waals surface area (Å²) in [6.07, 6.45) is 3.48. The Kier molecular flexibility index (Phi) is 6.93. The monoisotopic (exact) mass is 336 g/mol. The van der Waals surface area contributed by atoms with Crippen LogP contribution in [-0.4, -0.2) is 24.7 Å². The summed E-state index contributed by atoms with van der Waals surface area (Å²) in [7, 11) is 1.61. The Labute approximate surface area is 140 Å². The summed E-state index contributed by atoms with van der Waals surface area (Å²) in [6, 6.07) is 10.9. The SMILES string of the molecule is COc1ncccc1CNC(C)CCc1ccc(OC(F)F)cc1. The zero-order valence-electron chi connectivity index (χ0n) is 13.8. The van der Waals surface area contributed by atoms with Crippen molar-refractivity contribution in [2.24, 2.45) is 0 Å². The molecular weight excluding hydrogens is 314 g/mol. The molecule has 2 rings (SSSR count). The van der Waals surface area contributed by atoms with Crippen molar-refractivity contribution in [1.82, 2.24) is 10.3 Å². The molecule has 1 aromatic carbocycles. The number of rotatable bonds is 9. The molecule has 0 fully saturated rings. The number of nitrogens with zero attached hydrogens (tertiary/aromatic N) is 1. The second kappa shape index (κ2) is 9.17. The Bertz CT molecular complexity index is 621. The molecule has 4 nitrogen and oxygen atoms in total. The first-order valence-corrected chi connectivity index (χ1v) is 7.83. The molecule has 6 heteroatoms. The summed E-state index contributed by atoms with van der Waals surface area (Å²) in [5, 5.41) is 3.44. The number of aromatic nitrogens is 1. The van der Waals surface area contributed by atoms with Crippen molar-refractivity contribution < 1.29 is 18.3 Å². The van der Waals surface area contributed by atoms with E-state index < -0.39 is 6.61 Å². The van der Waals surface area contributed by atoms with Gasteiger partial charge < -0.3 is 14.8 Å². The van der Waals surface area contributed by atoms with E-state index in [0.717, 1.165) is 24.0 Å². The molecule has 0 spiro atoms. The lowest BCUT2D eigenvalue weighted by Gasteiger charge is -2.15. The van der Waals surface area contributed by atoms with Gasteiger partial charge in [-0.3, -0.25) is 0 Å². The second-order valence-electron chi connectivity index (χ2n) is 5.51. The van der Waals surface area contributed by atoms with E-state index in [4.69, 9.17) is 4.74 Å². The molecule has 0 bridgehead atoms. The number of methoxy groups -OCH3 is 1. The van der Waals surface area contributed by atoms with Crippen LogP contribution in [0.25, 0.3) is 0 Å². The third kappa shape index (κ3) is 5.77. The largest absolute Gasteiger partial charge is 0.481 e. The molecule has 1 atom stereocenters. The second-order valence-corrected chi connectivity index (χ2v) is 5.51. The molecule has 24 heavy (non-hydrogen) atoms. The fourth-order valence-electron chi connectivity index (χ4n) is 2.35. The van der Waals surface area contributed by atoms with Crippen molar-refractivity contribution in [3.8, 4) is 11.6 Å². The molecule has 0 aliphatic heterocycles. The molecule has 0 saturated carbocycles. The molecule has 1 N–H and O–H groups in total. The van der Waals surface area contributed by atoms with Crippen LogP contribution >= 0.6 is 0 Å². The van der Waals surface area contributed by atoms with Gasteiger partial charge >= 0.3 is 6.61 Å². The van der Waals surface area contributed by atoms with Gasteiger partial charge in [0.1, 0.15) is 5.75 Å². The van der Waals surface area contributed by atoms with E-state index >= 15 is 0 Å². The number of ether oxygens (including phenoxy) is 2. The van der Waals surface area contributed by atoms with E-state index in [1.165, 1.54) is 0 Å². The number of hydrogen-bond acceptors (Lipinski definition) is 4. The number of aryl methyl sites for hydroxylation is 1. The summed E-state index contributed by atoms with van der Waals surface area (Å²) >= 11 is 0. The Hall–Kier alpha value is -2.21. The van der Waals surface area contributed by atoms with Crippen molar-refractivity contribution >= 4 is 0 Å². The highest BCUT2D eigenvalue weighted by molar-refractivity contribution is 5.27. The number of halogens is 2. The third-order valence-electron chi connectivity index (χ3n) is 3.70. The van der Waals surface area contributed by atoms with Crippen LogP contribution in [0.3, 0.4) is 0 Å². The number of alkyl halides is 2. The Morgan fingerprint density at radius 3 is 2.58 bits per heavy atom. The lowest BCUT2D eigenvalue weighted by molar-refractivity contribution is -0.0498. The number of benzene rings is 1. The van der Waals surface area contributed by atoms with Gasteiger partial charge in [-0.2, -0.15) is 8.78 Å². The van der Waals surface area contributed by atoms with Gasteiger partial charge in [0.05, 0.1) is 7.11 Å². The Morgan fingerprint density at radius 2 is 1.92 bits per heavy atom. The van der Waals surface area contributed by atoms with Crippen LogP contribution < -0.4 is 14.8 Å². The predicted molar refractivity (Wildman–Crippen MR) is 88.5 cm³/mol. The molecule has 0 aliphatic carbocycles. The van der Waals surface area contributed by atoms with Crippen LogP contribution in [0.2, 0.25) is 0 Å². The summed E-state index contributed by atoms with van der Waals surface area (Å²) in [5.74, 6) is 0.815. The van der Waals surface area contributed by atoms with Crippen LogP contribution in [0.15, 0.2) is 42.6 Å². The zero-order chi connectivity index (χ0) is 17.4. The molecule has 1 unspecified atom stereocenters. The van der Waals surface area contributed by atoms with Crippen molar-refractivity contribution in [2.45, 2.75) is 39.0 Å². The van der Waals surface area contributed by atoms with E-state index in [-0.39, 0.29) is 5.75 Å². The lowest BCUT2D eigenvalue weighted by Crippen LogP contribution is -2.26. The molecule has 0 radical (unpaired) electrons. The maximum atomic E-state index is 12.1. The predicted octanol–water partition coefficient (Wildman–Crippen LogP) is 3.80. The highest BCUT2D eigenvalue weighted by atomic mass is 19.3. The van der Waals surface area contributed by atoms with Crippen molar-refractivity contribution in [2.75, 3.05) is 7.11 Å². The maximum absolute atomic E-state index is 12.1. The van der Waals surface area contributed by atoms with Gasteiger partial charge in [0.25, 0.3) is 0 Å². The number of pyridine rings is 1. The van der Waals surface area contributed by atoms with E-state index in [2.05, 4.69) is 22.0 Å². The normalized spacial score (nSPS) is 12.2. The van der Waals surface area contributed by atoms with Crippen molar-refractivity contribution in [3.05, 3.63) is 53.7 Å². The fourth-order valence-corrected chi connectivity index (χ4v) is 2.35. The minimum absolute atomic E-state index is 0.184. The topological polar surface area (TPSA) is 43.4 Å². The van der Waals surface area contributed by atoms with E-state index in [9.17, 15) is 8.78 Å². The molecular formula is C18H22F2N2O2. The number of nitrogens with one attached hydrogen (secondary N) is 1. The average Bonchev–Trinajstić information content (AvgIpc) is 2.59. The standard InChI is InChI=1S/C18H22F2N2O2/c1-13(22-12-15-4-3-11-21-17(15)23-2)5-6-14-7-9-16(10-8-14)24-18(19)20/h3-4,7-11,13,18,22H,5-6,12H2,1-2H3. The average molecular weight is 336 g/mol. The first kappa shape index (κ1) is 18.1. The minimum atomic E-state index is -2.79. The van der Waals surface area contributed by atoms with Gasteiger partial charge in [0, 0.05) is 24.3 Å². The summed E-state index contributed by atoms with van der Waals surface area (Å²) in [5.41, 5.74) is 2.10. The van der Waals surface area contributed by atoms with Crippen LogP contribution in [0.4, 0.5) is 8.78 Å². The molecule has 2 aromatic rings. The molecule has 0 saturated heterocycles. The van der Waals surface area contributed by atoms with Crippen LogP contribution in [-0.2, 0) is 13.0 Å². The van der Waals surface area contributed by atoms with Crippen LogP contribution in [0.5, 0.6) is 11.6 Å². The minimum Gasteiger partial charge on any atom is -0.481 e. The fraction of sp³-hybridized carbons (Fsp3) is 0.389. The number of hydrogen-bond donors (Lipinski definition) is 1. The molecule has 130 valence electrons. The Morgan fingerprint density at radius 1 is 1.17 bits per heavy atom. The van der Waals surface area contributed by atoms with Gasteiger partial charge in [-0.25, -0.2) is 4.98 Å². The summed E-state index contributed by atoms with van der Waals surface area (Å²) < 4.78 is 33.8. The molecule has 0 aliphatic rings. The van der Waals surface area contributed by atoms with Gasteiger partial charge in [0.2, 0.25) is 5.88 Å². The zero-order valence-corrected chi connectivity index (χ0v) is 13.8. The van der Waals surface area contributed by atoms with Gasteiger partial charge in [-0.1, -0.05) is 18.2 Å². The highest BCUT2D eigenvalue weighted by Crippen LogP contribution is 2.17. The molecule has 0 amide bonds. The van der Waals surface area contributed by atoms with Crippen molar-refractivity contribution in [1.29, 1.82) is 0 Å². The summed E-state index contributed by atoms with van der Waals surface area (Å²) in [4.78, 5) is 4.17. The maximum Gasteiger partial charge on any atom is 0.387 e. The Balaban J connectivity index is 1.77. The molecule has 1 aromatic heterocycles. The lowest BCUT2D eigenvalue weighted by atomic mass is 10.1. The quantitative estimate of drug-likeness (QED) is 0.756. The van der Waals surface area contributed by atoms with Crippen molar-refractivity contribution in [3.63, 3.8) is 0 Å². The van der Waals surface area contributed by atoms with E-state index in [0.29, 0.717) is 18.5 Å². The first-order chi connectivity index (χ1) is 11.6.